The first kappa shape index (κ1) is 23.6. The summed E-state index contributed by atoms with van der Waals surface area (Å²) in [7, 11) is 0. The van der Waals surface area contributed by atoms with Crippen LogP contribution in [0, 0.1) is 0 Å². The van der Waals surface area contributed by atoms with Gasteiger partial charge in [0.05, 0.1) is 11.4 Å². The van der Waals surface area contributed by atoms with Crippen molar-refractivity contribution in [2.24, 2.45) is 0 Å². The van der Waals surface area contributed by atoms with E-state index in [1.807, 2.05) is 35.2 Å². The summed E-state index contributed by atoms with van der Waals surface area (Å²) in [5.74, 6) is -0.249. The van der Waals surface area contributed by atoms with Crippen molar-refractivity contribution in [3.8, 4) is 0 Å². The number of piperazine rings is 1. The maximum atomic E-state index is 13.2. The molecule has 2 aliphatic heterocycles. The van der Waals surface area contributed by atoms with Crippen LogP contribution in [0.5, 0.6) is 0 Å². The molecule has 2 fully saturated rings. The first-order valence-electron chi connectivity index (χ1n) is 10.0. The molecule has 5 N–H and O–H groups in total. The molecule has 0 radical (unpaired) electrons. The lowest BCUT2D eigenvalue weighted by atomic mass is 9.93. The van der Waals surface area contributed by atoms with Crippen LogP contribution in [-0.4, -0.2) is 94.4 Å². The molecule has 3 rings (SSSR count). The number of hydrogen-bond donors (Lipinski definition) is 5. The molecule has 1 amide bonds. The number of ether oxygens (including phenoxy) is 1. The molecule has 0 bridgehead atoms. The van der Waals surface area contributed by atoms with Crippen molar-refractivity contribution >= 4 is 35.0 Å². The Balaban J connectivity index is 1.77. The summed E-state index contributed by atoms with van der Waals surface area (Å²) in [6.07, 6.45) is -3.24. The van der Waals surface area contributed by atoms with E-state index in [0.29, 0.717) is 13.1 Å². The van der Waals surface area contributed by atoms with Crippen molar-refractivity contribution < 1.29 is 24.9 Å². The molecule has 8 nitrogen and oxygen atoms in total. The zero-order valence-electron chi connectivity index (χ0n) is 17.0. The van der Waals surface area contributed by atoms with E-state index in [-0.39, 0.29) is 5.91 Å². The summed E-state index contributed by atoms with van der Waals surface area (Å²) in [6, 6.07) is 8.48. The minimum atomic E-state index is -1.40. The third kappa shape index (κ3) is 5.04. The summed E-state index contributed by atoms with van der Waals surface area (Å²) < 4.78 is 5.83. The summed E-state index contributed by atoms with van der Waals surface area (Å²) in [5, 5.41) is 36.5. The Bertz CT molecular complexity index is 698. The fourth-order valence-electron chi connectivity index (χ4n) is 3.95. The number of benzene rings is 1. The highest BCUT2D eigenvalue weighted by Gasteiger charge is 2.48. The lowest BCUT2D eigenvalue weighted by molar-refractivity contribution is -0.205. The molecule has 2 heterocycles. The van der Waals surface area contributed by atoms with Crippen LogP contribution in [0.4, 0.5) is 5.69 Å². The van der Waals surface area contributed by atoms with Crippen molar-refractivity contribution in [3.63, 3.8) is 0 Å². The van der Waals surface area contributed by atoms with Gasteiger partial charge in [-0.3, -0.25) is 4.79 Å². The van der Waals surface area contributed by atoms with Gasteiger partial charge < -0.3 is 35.6 Å². The second-order valence-corrected chi connectivity index (χ2v) is 9.26. The van der Waals surface area contributed by atoms with Crippen LogP contribution in [-0.2, 0) is 9.53 Å². The van der Waals surface area contributed by atoms with Gasteiger partial charge in [-0.25, -0.2) is 0 Å². The number of hydrogen-bond acceptors (Lipinski definition) is 8. The predicted octanol–water partition coefficient (Wildman–Crippen LogP) is -0.252. The normalized spacial score (nSPS) is 34.3. The van der Waals surface area contributed by atoms with Gasteiger partial charge in [0.25, 0.3) is 0 Å². The summed E-state index contributed by atoms with van der Waals surface area (Å²) >= 11 is 7.59. The molecule has 2 aliphatic rings. The van der Waals surface area contributed by atoms with E-state index in [0.717, 1.165) is 12.2 Å². The van der Waals surface area contributed by atoms with Crippen LogP contribution < -0.4 is 15.5 Å². The Morgan fingerprint density at radius 1 is 1.27 bits per heavy atom. The molecule has 168 valence electrons. The molecule has 30 heavy (non-hydrogen) atoms. The Morgan fingerprint density at radius 2 is 1.97 bits per heavy atom. The van der Waals surface area contributed by atoms with Gasteiger partial charge in [0, 0.05) is 25.3 Å². The summed E-state index contributed by atoms with van der Waals surface area (Å²) in [6.45, 7) is 3.60. The molecule has 2 saturated heterocycles. The molecular weight excluding hydrogens is 430 g/mol. The van der Waals surface area contributed by atoms with E-state index < -0.39 is 47.3 Å². The van der Waals surface area contributed by atoms with Crippen LogP contribution in [0.3, 0.4) is 0 Å². The monoisotopic (exact) mass is 459 g/mol. The molecular formula is C20H30ClN3O5S. The number of carbonyl (C=O) groups excluding carboxylic acids is 1. The molecule has 0 aliphatic carbocycles. The largest absolute Gasteiger partial charge is 0.388 e. The topological polar surface area (TPSA) is 114 Å². The number of thioether (sulfide) groups is 1. The summed E-state index contributed by atoms with van der Waals surface area (Å²) in [4.78, 5) is 15.3. The number of anilines is 1. The van der Waals surface area contributed by atoms with Gasteiger partial charge in [0.1, 0.15) is 35.9 Å². The van der Waals surface area contributed by atoms with Gasteiger partial charge in [-0.15, -0.1) is 23.4 Å². The lowest BCUT2D eigenvalue weighted by Gasteiger charge is -2.44. The van der Waals surface area contributed by atoms with E-state index >= 15 is 0 Å². The number of halogens is 1. The molecule has 1 unspecified atom stereocenters. The molecule has 10 heteroatoms. The van der Waals surface area contributed by atoms with Crippen LogP contribution in [0.15, 0.2) is 30.3 Å². The SMILES string of the molecule is CS[C@H]1O[C@H]([C@H](NC(=O)C2CNCCN2c2ccccc2)[C@H](C)Cl)[C@H](O)[C@H](O)[C@H]1O. The number of nitrogens with one attached hydrogen (secondary N) is 2. The first-order valence-corrected chi connectivity index (χ1v) is 11.8. The van der Waals surface area contributed by atoms with Crippen molar-refractivity contribution in [2.75, 3.05) is 30.8 Å². The van der Waals surface area contributed by atoms with E-state index in [9.17, 15) is 20.1 Å². The highest BCUT2D eigenvalue weighted by atomic mass is 35.5. The maximum Gasteiger partial charge on any atom is 0.244 e. The zero-order chi connectivity index (χ0) is 21.8. The van der Waals surface area contributed by atoms with Crippen LogP contribution in [0.1, 0.15) is 6.92 Å². The average molecular weight is 460 g/mol. The van der Waals surface area contributed by atoms with Crippen LogP contribution >= 0.6 is 23.4 Å². The van der Waals surface area contributed by atoms with Gasteiger partial charge >= 0.3 is 0 Å². The number of rotatable bonds is 6. The minimum absolute atomic E-state index is 0.249. The average Bonchev–Trinajstić information content (AvgIpc) is 2.77. The third-order valence-corrected chi connectivity index (χ3v) is 6.76. The Hall–Kier alpha value is -1.07. The number of alkyl halides is 1. The standard InChI is InChI=1S/C20H30ClN3O5S/c1-11(21)14(18-16(26)15(25)17(27)20(29-18)30-2)23-19(28)13-10-22-8-9-24(13)12-6-4-3-5-7-12/h3-7,11,13-18,20,22,25-27H,8-10H2,1-2H3,(H,23,28)/t11-,13?,14+,15-,16+,17+,18+,20+/m0/s1. The van der Waals surface area contributed by atoms with Gasteiger partial charge in [0.15, 0.2) is 0 Å². The molecule has 1 aromatic carbocycles. The molecule has 0 saturated carbocycles. The van der Waals surface area contributed by atoms with Crippen molar-refractivity contribution in [3.05, 3.63) is 30.3 Å². The minimum Gasteiger partial charge on any atom is -0.388 e. The first-order chi connectivity index (χ1) is 14.3. The number of nitrogens with zero attached hydrogens (tertiary/aromatic N) is 1. The van der Waals surface area contributed by atoms with Gasteiger partial charge in [0.2, 0.25) is 5.91 Å². The van der Waals surface area contributed by atoms with Gasteiger partial charge in [-0.1, -0.05) is 18.2 Å². The highest BCUT2D eigenvalue weighted by molar-refractivity contribution is 7.99. The molecule has 1 aromatic rings. The molecule has 0 spiro atoms. The lowest BCUT2D eigenvalue weighted by Crippen LogP contribution is -2.66. The van der Waals surface area contributed by atoms with Crippen molar-refractivity contribution in [1.29, 1.82) is 0 Å². The predicted molar refractivity (Wildman–Crippen MR) is 118 cm³/mol. The van der Waals surface area contributed by atoms with Crippen LogP contribution in [0.25, 0.3) is 0 Å². The second kappa shape index (κ2) is 10.5. The number of aliphatic hydroxyl groups excluding tert-OH is 3. The van der Waals surface area contributed by atoms with E-state index in [4.69, 9.17) is 16.3 Å². The van der Waals surface area contributed by atoms with Crippen LogP contribution in [0.2, 0.25) is 0 Å². The number of carbonyl (C=O) groups is 1. The zero-order valence-corrected chi connectivity index (χ0v) is 18.6. The second-order valence-electron chi connectivity index (χ2n) is 7.64. The van der Waals surface area contributed by atoms with Crippen molar-refractivity contribution in [2.45, 2.75) is 54.2 Å². The van der Waals surface area contributed by atoms with Gasteiger partial charge in [-0.05, 0) is 25.3 Å². The van der Waals surface area contributed by atoms with Gasteiger partial charge in [-0.2, -0.15) is 0 Å². The molecule has 0 aromatic heterocycles. The number of amides is 1. The quantitative estimate of drug-likeness (QED) is 0.370. The fourth-order valence-corrected chi connectivity index (χ4v) is 4.84. The highest BCUT2D eigenvalue weighted by Crippen LogP contribution is 2.30. The third-order valence-electron chi connectivity index (χ3n) is 5.63. The Kier molecular flexibility index (Phi) is 8.25. The van der Waals surface area contributed by atoms with E-state index in [1.165, 1.54) is 11.8 Å². The van der Waals surface area contributed by atoms with E-state index in [2.05, 4.69) is 10.6 Å². The maximum absolute atomic E-state index is 13.2. The van der Waals surface area contributed by atoms with Crippen molar-refractivity contribution in [1.82, 2.24) is 10.6 Å². The fraction of sp³-hybridized carbons (Fsp3) is 0.650. The summed E-state index contributed by atoms with van der Waals surface area (Å²) in [5.41, 5.74) is 0.213. The van der Waals surface area contributed by atoms with E-state index in [1.54, 1.807) is 13.2 Å². The Morgan fingerprint density at radius 3 is 2.60 bits per heavy atom. The molecule has 8 atom stereocenters. The number of aliphatic hydroxyl groups is 3. The smallest absolute Gasteiger partial charge is 0.244 e. The number of para-hydroxylation sites is 1. The Labute approximate surface area is 185 Å².